The number of rotatable bonds is 6. The number of ether oxygens (including phenoxy) is 2. The van der Waals surface area contributed by atoms with Gasteiger partial charge in [-0.3, -0.25) is 9.59 Å². The molecule has 0 saturated carbocycles. The Labute approximate surface area is 183 Å². The molecule has 0 saturated heterocycles. The maximum absolute atomic E-state index is 14.0. The minimum atomic E-state index is -0.714. The molecular weight excluding hydrogens is 423 g/mol. The van der Waals surface area contributed by atoms with Crippen molar-refractivity contribution in [2.75, 3.05) is 30.0 Å². The number of carbonyl (C=O) groups is 2. The first kappa shape index (κ1) is 20.7. The molecule has 0 aromatic heterocycles. The van der Waals surface area contributed by atoms with E-state index in [4.69, 9.17) is 21.1 Å². The number of anilines is 2. The van der Waals surface area contributed by atoms with Crippen LogP contribution in [0.25, 0.3) is 0 Å². The normalized spacial score (nSPS) is 12.7. The Kier molecular flexibility index (Phi) is 6.04. The van der Waals surface area contributed by atoms with Gasteiger partial charge in [-0.2, -0.15) is 0 Å². The molecule has 0 radical (unpaired) electrons. The monoisotopic (exact) mass is 440 g/mol. The number of amides is 2. The molecule has 4 rings (SSSR count). The zero-order valence-electron chi connectivity index (χ0n) is 16.3. The number of hydrogen-bond acceptors (Lipinski definition) is 4. The standard InChI is InChI=1S/C23H18ClFN2O4/c24-17-7-4-8-18(25)22(17)23(29)26-15-9-10-19-20(13-15)31-14-21(28)27(19)11-12-30-16-5-2-1-3-6-16/h1-10,13H,11-12,14H2,(H,26,29). The third-order valence-electron chi connectivity index (χ3n) is 4.68. The number of nitrogens with one attached hydrogen (secondary N) is 1. The lowest BCUT2D eigenvalue weighted by molar-refractivity contribution is -0.121. The number of benzene rings is 3. The van der Waals surface area contributed by atoms with E-state index in [9.17, 15) is 14.0 Å². The molecule has 0 spiro atoms. The molecule has 3 aromatic carbocycles. The molecule has 1 N–H and O–H groups in total. The SMILES string of the molecule is O=C(Nc1ccc2c(c1)OCC(=O)N2CCOc1ccccc1)c1c(F)cccc1Cl. The van der Waals surface area contributed by atoms with Gasteiger partial charge in [-0.1, -0.05) is 35.9 Å². The molecule has 158 valence electrons. The highest BCUT2D eigenvalue weighted by molar-refractivity contribution is 6.34. The van der Waals surface area contributed by atoms with Crippen LogP contribution in [0.15, 0.2) is 66.7 Å². The molecule has 0 bridgehead atoms. The summed E-state index contributed by atoms with van der Waals surface area (Å²) in [5.74, 6) is -0.443. The smallest absolute Gasteiger partial charge is 0.265 e. The van der Waals surface area contributed by atoms with Gasteiger partial charge in [0, 0.05) is 11.8 Å². The summed E-state index contributed by atoms with van der Waals surface area (Å²) in [4.78, 5) is 26.4. The summed E-state index contributed by atoms with van der Waals surface area (Å²) in [6, 6.07) is 18.2. The minimum Gasteiger partial charge on any atom is -0.492 e. The average Bonchev–Trinajstić information content (AvgIpc) is 2.76. The van der Waals surface area contributed by atoms with Crippen molar-refractivity contribution in [2.24, 2.45) is 0 Å². The summed E-state index contributed by atoms with van der Waals surface area (Å²) in [5.41, 5.74) is 0.713. The quantitative estimate of drug-likeness (QED) is 0.611. The van der Waals surface area contributed by atoms with E-state index in [0.29, 0.717) is 36.0 Å². The van der Waals surface area contributed by atoms with E-state index in [1.54, 1.807) is 23.1 Å². The molecule has 1 aliphatic rings. The maximum Gasteiger partial charge on any atom is 0.265 e. The van der Waals surface area contributed by atoms with Crippen molar-refractivity contribution in [3.63, 3.8) is 0 Å². The number of fused-ring (bicyclic) bond motifs is 1. The first-order valence-electron chi connectivity index (χ1n) is 9.53. The van der Waals surface area contributed by atoms with Gasteiger partial charge in [0.05, 0.1) is 22.8 Å². The van der Waals surface area contributed by atoms with E-state index in [2.05, 4.69) is 5.32 Å². The molecule has 3 aromatic rings. The summed E-state index contributed by atoms with van der Waals surface area (Å²) in [5, 5.41) is 2.62. The number of nitrogens with zero attached hydrogens (tertiary/aromatic N) is 1. The van der Waals surface area contributed by atoms with Crippen LogP contribution in [0.4, 0.5) is 15.8 Å². The first-order valence-corrected chi connectivity index (χ1v) is 9.91. The first-order chi connectivity index (χ1) is 15.0. The van der Waals surface area contributed by atoms with Crippen LogP contribution < -0.4 is 19.7 Å². The number of carbonyl (C=O) groups excluding carboxylic acids is 2. The highest BCUT2D eigenvalue weighted by Crippen LogP contribution is 2.35. The molecule has 0 atom stereocenters. The van der Waals surface area contributed by atoms with Crippen LogP contribution in [0.3, 0.4) is 0 Å². The van der Waals surface area contributed by atoms with Gasteiger partial charge in [0.25, 0.3) is 11.8 Å². The van der Waals surface area contributed by atoms with Gasteiger partial charge >= 0.3 is 0 Å². The Morgan fingerprint density at radius 3 is 2.71 bits per heavy atom. The second kappa shape index (κ2) is 9.06. The van der Waals surface area contributed by atoms with E-state index in [1.807, 2.05) is 30.3 Å². The Bertz CT molecular complexity index is 1100. The van der Waals surface area contributed by atoms with E-state index in [1.165, 1.54) is 12.1 Å². The molecule has 1 heterocycles. The summed E-state index contributed by atoms with van der Waals surface area (Å²) < 4.78 is 25.2. The van der Waals surface area contributed by atoms with Gasteiger partial charge in [0.15, 0.2) is 6.61 Å². The molecular formula is C23H18ClFN2O4. The van der Waals surface area contributed by atoms with E-state index in [0.717, 1.165) is 6.07 Å². The number of hydrogen-bond donors (Lipinski definition) is 1. The van der Waals surface area contributed by atoms with Gasteiger partial charge in [-0.25, -0.2) is 4.39 Å². The zero-order chi connectivity index (χ0) is 21.8. The average molecular weight is 441 g/mol. The molecule has 6 nitrogen and oxygen atoms in total. The van der Waals surface area contributed by atoms with E-state index < -0.39 is 11.7 Å². The molecule has 2 amide bonds. The van der Waals surface area contributed by atoms with Crippen LogP contribution in [-0.4, -0.2) is 31.6 Å². The van der Waals surface area contributed by atoms with E-state index in [-0.39, 0.29) is 23.1 Å². The highest BCUT2D eigenvalue weighted by Gasteiger charge is 2.26. The lowest BCUT2D eigenvalue weighted by Gasteiger charge is -2.29. The van der Waals surface area contributed by atoms with Crippen LogP contribution >= 0.6 is 11.6 Å². The minimum absolute atomic E-state index is 0.0156. The third kappa shape index (κ3) is 4.62. The molecule has 0 fully saturated rings. The van der Waals surface area contributed by atoms with Gasteiger partial charge < -0.3 is 19.7 Å². The van der Waals surface area contributed by atoms with Crippen molar-refractivity contribution in [1.82, 2.24) is 0 Å². The third-order valence-corrected chi connectivity index (χ3v) is 4.99. The van der Waals surface area contributed by atoms with Gasteiger partial charge in [0.2, 0.25) is 0 Å². The fraction of sp³-hybridized carbons (Fsp3) is 0.130. The van der Waals surface area contributed by atoms with Gasteiger partial charge in [-0.05, 0) is 36.4 Å². The molecule has 1 aliphatic heterocycles. The van der Waals surface area contributed by atoms with Crippen molar-refractivity contribution in [3.8, 4) is 11.5 Å². The van der Waals surface area contributed by atoms with Crippen LogP contribution in [0, 0.1) is 5.82 Å². The van der Waals surface area contributed by atoms with Crippen molar-refractivity contribution in [2.45, 2.75) is 0 Å². The van der Waals surface area contributed by atoms with Crippen molar-refractivity contribution in [3.05, 3.63) is 83.1 Å². The molecule has 8 heteroatoms. The molecule has 31 heavy (non-hydrogen) atoms. The van der Waals surface area contributed by atoms with Gasteiger partial charge in [0.1, 0.15) is 23.9 Å². The van der Waals surface area contributed by atoms with Crippen molar-refractivity contribution >= 4 is 34.8 Å². The van der Waals surface area contributed by atoms with Crippen LogP contribution in [0.5, 0.6) is 11.5 Å². The highest BCUT2D eigenvalue weighted by atomic mass is 35.5. The lowest BCUT2D eigenvalue weighted by Crippen LogP contribution is -2.41. The fourth-order valence-electron chi connectivity index (χ4n) is 3.21. The Morgan fingerprint density at radius 2 is 1.94 bits per heavy atom. The summed E-state index contributed by atoms with van der Waals surface area (Å²) >= 11 is 5.95. The lowest BCUT2D eigenvalue weighted by atomic mass is 10.1. The van der Waals surface area contributed by atoms with Crippen molar-refractivity contribution < 1.29 is 23.5 Å². The Balaban J connectivity index is 1.47. The Morgan fingerprint density at radius 1 is 1.13 bits per heavy atom. The van der Waals surface area contributed by atoms with Crippen LogP contribution in [0.2, 0.25) is 5.02 Å². The summed E-state index contributed by atoms with van der Waals surface area (Å²) in [7, 11) is 0. The summed E-state index contributed by atoms with van der Waals surface area (Å²) in [6.45, 7) is 0.509. The second-order valence-corrected chi connectivity index (χ2v) is 7.14. The zero-order valence-corrected chi connectivity index (χ0v) is 17.1. The molecule has 0 unspecified atom stereocenters. The number of halogens is 2. The van der Waals surface area contributed by atoms with E-state index >= 15 is 0 Å². The Hall–Kier alpha value is -3.58. The predicted octanol–water partition coefficient (Wildman–Crippen LogP) is 4.54. The van der Waals surface area contributed by atoms with Crippen molar-refractivity contribution in [1.29, 1.82) is 0 Å². The second-order valence-electron chi connectivity index (χ2n) is 6.73. The van der Waals surface area contributed by atoms with Crippen LogP contribution in [-0.2, 0) is 4.79 Å². The predicted molar refractivity (Wildman–Crippen MR) is 116 cm³/mol. The topological polar surface area (TPSA) is 67.9 Å². The summed E-state index contributed by atoms with van der Waals surface area (Å²) in [6.07, 6.45) is 0. The fourth-order valence-corrected chi connectivity index (χ4v) is 3.46. The van der Waals surface area contributed by atoms with Crippen LogP contribution in [0.1, 0.15) is 10.4 Å². The largest absolute Gasteiger partial charge is 0.492 e. The maximum atomic E-state index is 14.0. The van der Waals surface area contributed by atoms with Gasteiger partial charge in [-0.15, -0.1) is 0 Å². The molecule has 0 aliphatic carbocycles. The number of para-hydroxylation sites is 1.